The van der Waals surface area contributed by atoms with Gasteiger partial charge in [0, 0.05) is 0 Å². The highest BCUT2D eigenvalue weighted by Gasteiger charge is 1.89. The van der Waals surface area contributed by atoms with Crippen molar-refractivity contribution in [3.63, 3.8) is 0 Å². The minimum absolute atomic E-state index is 0.765. The highest BCUT2D eigenvalue weighted by molar-refractivity contribution is 9.10. The van der Waals surface area contributed by atoms with Gasteiger partial charge in [-0.15, -0.1) is 0 Å². The van der Waals surface area contributed by atoms with E-state index in [0.717, 1.165) is 10.3 Å². The SMILES string of the molecule is CON=Cc1cccc(Br)n1. The van der Waals surface area contributed by atoms with E-state index in [4.69, 9.17) is 0 Å². The topological polar surface area (TPSA) is 34.5 Å². The molecule has 0 aliphatic heterocycles. The number of hydrogen-bond donors (Lipinski definition) is 0. The average Bonchev–Trinajstić information content (AvgIpc) is 2.01. The summed E-state index contributed by atoms with van der Waals surface area (Å²) in [6.07, 6.45) is 1.55. The van der Waals surface area contributed by atoms with E-state index < -0.39 is 0 Å². The summed E-state index contributed by atoms with van der Waals surface area (Å²) < 4.78 is 0.789. The molecule has 0 bridgehead atoms. The standard InChI is InChI=1S/C7H7BrN2O/c1-11-9-5-6-3-2-4-7(8)10-6/h2-5H,1H3. The molecule has 3 nitrogen and oxygen atoms in total. The van der Waals surface area contributed by atoms with Crippen LogP contribution < -0.4 is 0 Å². The molecule has 4 heteroatoms. The molecule has 0 aliphatic carbocycles. The summed E-state index contributed by atoms with van der Waals surface area (Å²) in [5.74, 6) is 0. The Morgan fingerprint density at radius 2 is 2.45 bits per heavy atom. The maximum absolute atomic E-state index is 4.50. The van der Waals surface area contributed by atoms with E-state index in [-0.39, 0.29) is 0 Å². The molecule has 0 amide bonds. The number of oxime groups is 1. The van der Waals surface area contributed by atoms with Gasteiger partial charge in [0.05, 0.1) is 11.9 Å². The summed E-state index contributed by atoms with van der Waals surface area (Å²) in [5, 5.41) is 3.57. The Morgan fingerprint density at radius 3 is 3.09 bits per heavy atom. The van der Waals surface area contributed by atoms with Crippen LogP contribution in [0.25, 0.3) is 0 Å². The first kappa shape index (κ1) is 8.20. The van der Waals surface area contributed by atoms with Crippen LogP contribution in [0.3, 0.4) is 0 Å². The minimum Gasteiger partial charge on any atom is -0.399 e. The largest absolute Gasteiger partial charge is 0.399 e. The average molecular weight is 215 g/mol. The lowest BCUT2D eigenvalue weighted by molar-refractivity contribution is 0.215. The van der Waals surface area contributed by atoms with E-state index in [1.165, 1.54) is 7.11 Å². The van der Waals surface area contributed by atoms with Gasteiger partial charge in [-0.2, -0.15) is 0 Å². The van der Waals surface area contributed by atoms with Gasteiger partial charge in [-0.1, -0.05) is 11.2 Å². The fourth-order valence-electron chi connectivity index (χ4n) is 0.603. The molecule has 1 aromatic rings. The Balaban J connectivity index is 2.79. The third-order valence-corrected chi connectivity index (χ3v) is 1.47. The maximum atomic E-state index is 4.50. The molecule has 0 atom stereocenters. The van der Waals surface area contributed by atoms with Gasteiger partial charge >= 0.3 is 0 Å². The summed E-state index contributed by atoms with van der Waals surface area (Å²) in [6, 6.07) is 5.57. The van der Waals surface area contributed by atoms with Crippen molar-refractivity contribution < 1.29 is 4.84 Å². The summed E-state index contributed by atoms with van der Waals surface area (Å²) >= 11 is 3.24. The molecule has 0 spiro atoms. The fraction of sp³-hybridized carbons (Fsp3) is 0.143. The van der Waals surface area contributed by atoms with Crippen LogP contribution in [0.4, 0.5) is 0 Å². The first-order valence-corrected chi connectivity index (χ1v) is 3.81. The van der Waals surface area contributed by atoms with Crippen molar-refractivity contribution in [1.29, 1.82) is 0 Å². The van der Waals surface area contributed by atoms with Crippen molar-refractivity contribution in [2.75, 3.05) is 7.11 Å². The van der Waals surface area contributed by atoms with E-state index in [9.17, 15) is 0 Å². The molecule has 0 aliphatic rings. The van der Waals surface area contributed by atoms with Crippen LogP contribution in [-0.2, 0) is 4.84 Å². The lowest BCUT2D eigenvalue weighted by Crippen LogP contribution is -1.86. The quantitative estimate of drug-likeness (QED) is 0.428. The lowest BCUT2D eigenvalue weighted by Gasteiger charge is -1.91. The normalized spacial score (nSPS) is 10.4. The Hall–Kier alpha value is -0.900. The Kier molecular flexibility index (Phi) is 3.04. The lowest BCUT2D eigenvalue weighted by atomic mass is 10.4. The van der Waals surface area contributed by atoms with Gasteiger partial charge in [0.2, 0.25) is 0 Å². The molecule has 0 radical (unpaired) electrons. The van der Waals surface area contributed by atoms with Crippen molar-refractivity contribution in [1.82, 2.24) is 4.98 Å². The zero-order valence-electron chi connectivity index (χ0n) is 5.99. The van der Waals surface area contributed by atoms with Crippen LogP contribution >= 0.6 is 15.9 Å². The number of aromatic nitrogens is 1. The zero-order chi connectivity index (χ0) is 8.10. The molecule has 0 unspecified atom stereocenters. The fourth-order valence-corrected chi connectivity index (χ4v) is 0.960. The Labute approximate surface area is 73.2 Å². The summed E-state index contributed by atoms with van der Waals surface area (Å²) in [6.45, 7) is 0. The second kappa shape index (κ2) is 4.08. The van der Waals surface area contributed by atoms with Gasteiger partial charge in [0.1, 0.15) is 11.7 Å². The van der Waals surface area contributed by atoms with Gasteiger partial charge in [-0.3, -0.25) is 0 Å². The number of hydrogen-bond acceptors (Lipinski definition) is 3. The van der Waals surface area contributed by atoms with Gasteiger partial charge in [-0.25, -0.2) is 4.98 Å². The summed E-state index contributed by atoms with van der Waals surface area (Å²) in [4.78, 5) is 8.60. The maximum Gasteiger partial charge on any atom is 0.106 e. The van der Waals surface area contributed by atoms with E-state index in [1.807, 2.05) is 18.2 Å². The molecule has 0 N–H and O–H groups in total. The third-order valence-electron chi connectivity index (χ3n) is 1.03. The predicted octanol–water partition coefficient (Wildman–Crippen LogP) is 1.82. The van der Waals surface area contributed by atoms with Crippen molar-refractivity contribution >= 4 is 22.1 Å². The van der Waals surface area contributed by atoms with E-state index in [0.29, 0.717) is 0 Å². The van der Waals surface area contributed by atoms with E-state index in [1.54, 1.807) is 6.21 Å². The first-order chi connectivity index (χ1) is 5.33. The van der Waals surface area contributed by atoms with Crippen LogP contribution in [0.5, 0.6) is 0 Å². The molecule has 1 heterocycles. The van der Waals surface area contributed by atoms with E-state index in [2.05, 4.69) is 30.9 Å². The number of halogens is 1. The molecule has 1 rings (SSSR count). The van der Waals surface area contributed by atoms with Crippen LogP contribution in [0.15, 0.2) is 28.0 Å². The van der Waals surface area contributed by atoms with Gasteiger partial charge < -0.3 is 4.84 Å². The van der Waals surface area contributed by atoms with Crippen molar-refractivity contribution in [2.24, 2.45) is 5.16 Å². The molecule has 0 saturated carbocycles. The predicted molar refractivity (Wildman–Crippen MR) is 46.5 cm³/mol. The minimum atomic E-state index is 0.765. The summed E-state index contributed by atoms with van der Waals surface area (Å²) in [5.41, 5.74) is 0.765. The number of pyridine rings is 1. The monoisotopic (exact) mass is 214 g/mol. The van der Waals surface area contributed by atoms with Crippen LogP contribution in [0, 0.1) is 0 Å². The van der Waals surface area contributed by atoms with Crippen molar-refractivity contribution in [2.45, 2.75) is 0 Å². The molecule has 0 fully saturated rings. The van der Waals surface area contributed by atoms with E-state index >= 15 is 0 Å². The highest BCUT2D eigenvalue weighted by Crippen LogP contribution is 2.04. The van der Waals surface area contributed by atoms with Gasteiger partial charge in [0.15, 0.2) is 0 Å². The summed E-state index contributed by atoms with van der Waals surface area (Å²) in [7, 11) is 1.49. The Bertz CT molecular complexity index is 262. The second-order valence-corrected chi connectivity index (χ2v) is 2.61. The molecular weight excluding hydrogens is 208 g/mol. The molecule has 0 aromatic carbocycles. The number of rotatable bonds is 2. The van der Waals surface area contributed by atoms with Crippen molar-refractivity contribution in [3.8, 4) is 0 Å². The van der Waals surface area contributed by atoms with Gasteiger partial charge in [0.25, 0.3) is 0 Å². The van der Waals surface area contributed by atoms with Crippen LogP contribution in [0.1, 0.15) is 5.69 Å². The second-order valence-electron chi connectivity index (χ2n) is 1.80. The molecule has 1 aromatic heterocycles. The highest BCUT2D eigenvalue weighted by atomic mass is 79.9. The van der Waals surface area contributed by atoms with Gasteiger partial charge in [-0.05, 0) is 28.1 Å². The smallest absolute Gasteiger partial charge is 0.106 e. The molecular formula is C7H7BrN2O. The zero-order valence-corrected chi connectivity index (χ0v) is 7.58. The molecule has 58 valence electrons. The van der Waals surface area contributed by atoms with Crippen LogP contribution in [-0.4, -0.2) is 18.3 Å². The first-order valence-electron chi connectivity index (χ1n) is 3.02. The van der Waals surface area contributed by atoms with Crippen LogP contribution in [0.2, 0.25) is 0 Å². The molecule has 0 saturated heterocycles. The van der Waals surface area contributed by atoms with Crippen molar-refractivity contribution in [3.05, 3.63) is 28.5 Å². The Morgan fingerprint density at radius 1 is 1.64 bits per heavy atom. The third kappa shape index (κ3) is 2.67. The number of nitrogens with zero attached hydrogens (tertiary/aromatic N) is 2. The molecule has 11 heavy (non-hydrogen) atoms.